The van der Waals surface area contributed by atoms with Gasteiger partial charge in [-0.25, -0.2) is 4.98 Å². The zero-order valence-corrected chi connectivity index (χ0v) is 20.7. The van der Waals surface area contributed by atoms with Crippen molar-refractivity contribution in [2.24, 2.45) is 0 Å². The van der Waals surface area contributed by atoms with Gasteiger partial charge in [0.15, 0.2) is 0 Å². The fourth-order valence-electron chi connectivity index (χ4n) is 4.63. The standard InChI is InChI=1S/C29H33N3O/c1-18(2)31(29(33)28-22(6)14-21(5)15-23(28)7)17-27-30-25-16-20(4)10-13-26(25)32(27)24-11-8-19(3)9-12-24/h8-16,18H,17H2,1-7H3. The van der Waals surface area contributed by atoms with E-state index in [1.807, 2.05) is 18.7 Å². The van der Waals surface area contributed by atoms with Gasteiger partial charge in [0.1, 0.15) is 5.82 Å². The lowest BCUT2D eigenvalue weighted by Gasteiger charge is -2.28. The molecule has 4 nitrogen and oxygen atoms in total. The van der Waals surface area contributed by atoms with Crippen LogP contribution in [0, 0.1) is 34.6 Å². The fraction of sp³-hybridized carbons (Fsp3) is 0.310. The fourth-order valence-corrected chi connectivity index (χ4v) is 4.63. The summed E-state index contributed by atoms with van der Waals surface area (Å²) in [5, 5.41) is 0. The number of hydrogen-bond acceptors (Lipinski definition) is 2. The van der Waals surface area contributed by atoms with Gasteiger partial charge >= 0.3 is 0 Å². The highest BCUT2D eigenvalue weighted by molar-refractivity contribution is 5.97. The Bertz CT molecular complexity index is 1310. The molecule has 33 heavy (non-hydrogen) atoms. The Balaban J connectivity index is 1.83. The monoisotopic (exact) mass is 439 g/mol. The zero-order chi connectivity index (χ0) is 23.9. The number of aromatic nitrogens is 2. The molecular formula is C29H33N3O. The Hall–Kier alpha value is -3.40. The molecule has 1 amide bonds. The van der Waals surface area contributed by atoms with Crippen molar-refractivity contribution in [2.75, 3.05) is 0 Å². The minimum Gasteiger partial charge on any atom is -0.329 e. The Morgan fingerprint density at radius 3 is 2.06 bits per heavy atom. The lowest BCUT2D eigenvalue weighted by atomic mass is 9.98. The van der Waals surface area contributed by atoms with Gasteiger partial charge in [0, 0.05) is 17.3 Å². The molecule has 1 aromatic heterocycles. The number of rotatable bonds is 5. The number of hydrogen-bond donors (Lipinski definition) is 0. The van der Waals surface area contributed by atoms with Crippen LogP contribution in [-0.4, -0.2) is 26.4 Å². The van der Waals surface area contributed by atoms with Crippen molar-refractivity contribution in [1.82, 2.24) is 14.5 Å². The van der Waals surface area contributed by atoms with Crippen LogP contribution in [0.15, 0.2) is 54.6 Å². The molecule has 1 heterocycles. The number of carbonyl (C=O) groups excluding carboxylic acids is 1. The molecule has 0 N–H and O–H groups in total. The molecular weight excluding hydrogens is 406 g/mol. The third-order valence-electron chi connectivity index (χ3n) is 6.26. The maximum absolute atomic E-state index is 13.8. The summed E-state index contributed by atoms with van der Waals surface area (Å²) < 4.78 is 2.19. The summed E-state index contributed by atoms with van der Waals surface area (Å²) in [5.74, 6) is 0.919. The van der Waals surface area contributed by atoms with Crippen molar-refractivity contribution in [3.05, 3.63) is 93.8 Å². The van der Waals surface area contributed by atoms with E-state index in [1.54, 1.807) is 0 Å². The van der Waals surface area contributed by atoms with Gasteiger partial charge in [-0.3, -0.25) is 9.36 Å². The number of fused-ring (bicyclic) bond motifs is 1. The molecule has 0 aliphatic rings. The van der Waals surface area contributed by atoms with Gasteiger partial charge in [0.2, 0.25) is 0 Å². The van der Waals surface area contributed by atoms with Crippen LogP contribution in [0.1, 0.15) is 57.8 Å². The number of aryl methyl sites for hydroxylation is 5. The van der Waals surface area contributed by atoms with Crippen molar-refractivity contribution in [2.45, 2.75) is 61.1 Å². The molecule has 0 spiro atoms. The van der Waals surface area contributed by atoms with Crippen molar-refractivity contribution < 1.29 is 4.79 Å². The van der Waals surface area contributed by atoms with Crippen LogP contribution in [-0.2, 0) is 6.54 Å². The van der Waals surface area contributed by atoms with Crippen LogP contribution in [0.3, 0.4) is 0 Å². The van der Waals surface area contributed by atoms with Gasteiger partial charge in [-0.15, -0.1) is 0 Å². The predicted molar refractivity (Wildman–Crippen MR) is 136 cm³/mol. The second-order valence-corrected chi connectivity index (χ2v) is 9.49. The molecule has 0 fully saturated rings. The predicted octanol–water partition coefficient (Wildman–Crippen LogP) is 6.62. The van der Waals surface area contributed by atoms with Crippen molar-refractivity contribution in [3.63, 3.8) is 0 Å². The number of amides is 1. The van der Waals surface area contributed by atoms with E-state index in [2.05, 4.69) is 93.8 Å². The summed E-state index contributed by atoms with van der Waals surface area (Å²) in [6.07, 6.45) is 0. The van der Waals surface area contributed by atoms with Crippen molar-refractivity contribution in [1.29, 1.82) is 0 Å². The highest BCUT2D eigenvalue weighted by atomic mass is 16.2. The second kappa shape index (κ2) is 8.86. The summed E-state index contributed by atoms with van der Waals surface area (Å²) in [6, 6.07) is 19.0. The average Bonchev–Trinajstić information content (AvgIpc) is 3.08. The Morgan fingerprint density at radius 1 is 0.848 bits per heavy atom. The van der Waals surface area contributed by atoms with Crippen molar-refractivity contribution >= 4 is 16.9 Å². The van der Waals surface area contributed by atoms with Crippen LogP contribution in [0.2, 0.25) is 0 Å². The Morgan fingerprint density at radius 2 is 1.45 bits per heavy atom. The third kappa shape index (κ3) is 4.43. The second-order valence-electron chi connectivity index (χ2n) is 9.49. The maximum Gasteiger partial charge on any atom is 0.255 e. The van der Waals surface area contributed by atoms with Crippen LogP contribution in [0.25, 0.3) is 16.7 Å². The summed E-state index contributed by atoms with van der Waals surface area (Å²) in [7, 11) is 0. The van der Waals surface area contributed by atoms with E-state index in [0.29, 0.717) is 6.54 Å². The highest BCUT2D eigenvalue weighted by Gasteiger charge is 2.25. The van der Waals surface area contributed by atoms with Crippen LogP contribution in [0.5, 0.6) is 0 Å². The van der Waals surface area contributed by atoms with Gasteiger partial charge in [0.25, 0.3) is 5.91 Å². The normalized spacial score (nSPS) is 11.4. The molecule has 4 rings (SSSR count). The molecule has 4 aromatic rings. The van der Waals surface area contributed by atoms with Gasteiger partial charge < -0.3 is 4.90 Å². The molecule has 170 valence electrons. The van der Waals surface area contributed by atoms with Crippen LogP contribution >= 0.6 is 0 Å². The van der Waals surface area contributed by atoms with E-state index in [4.69, 9.17) is 4.98 Å². The molecule has 0 atom stereocenters. The summed E-state index contributed by atoms with van der Waals surface area (Å²) in [6.45, 7) is 14.9. The molecule has 0 radical (unpaired) electrons. The first-order valence-electron chi connectivity index (χ1n) is 11.6. The summed E-state index contributed by atoms with van der Waals surface area (Å²) >= 11 is 0. The molecule has 0 aliphatic carbocycles. The molecule has 4 heteroatoms. The van der Waals surface area contributed by atoms with E-state index in [9.17, 15) is 4.79 Å². The lowest BCUT2D eigenvalue weighted by Crippen LogP contribution is -2.38. The van der Waals surface area contributed by atoms with Crippen LogP contribution in [0.4, 0.5) is 0 Å². The lowest BCUT2D eigenvalue weighted by molar-refractivity contribution is 0.0683. The Labute approximate surface area is 196 Å². The summed E-state index contributed by atoms with van der Waals surface area (Å²) in [4.78, 5) is 20.7. The van der Waals surface area contributed by atoms with E-state index >= 15 is 0 Å². The number of benzene rings is 3. The first kappa shape index (κ1) is 22.8. The molecule has 3 aromatic carbocycles. The maximum atomic E-state index is 13.8. The first-order valence-corrected chi connectivity index (χ1v) is 11.6. The minimum atomic E-state index is 0.0330. The highest BCUT2D eigenvalue weighted by Crippen LogP contribution is 2.26. The van der Waals surface area contributed by atoms with Gasteiger partial charge in [0.05, 0.1) is 17.6 Å². The third-order valence-corrected chi connectivity index (χ3v) is 6.26. The van der Waals surface area contributed by atoms with Gasteiger partial charge in [-0.2, -0.15) is 0 Å². The molecule has 0 bridgehead atoms. The molecule has 0 aliphatic heterocycles. The van der Waals surface area contributed by atoms with Crippen molar-refractivity contribution in [3.8, 4) is 5.69 Å². The smallest absolute Gasteiger partial charge is 0.255 e. The quantitative estimate of drug-likeness (QED) is 0.350. The summed E-state index contributed by atoms with van der Waals surface area (Å²) in [5.41, 5.74) is 9.45. The van der Waals surface area contributed by atoms with E-state index < -0.39 is 0 Å². The first-order chi connectivity index (χ1) is 15.7. The molecule has 0 saturated carbocycles. The Kier molecular flexibility index (Phi) is 6.11. The topological polar surface area (TPSA) is 38.1 Å². The molecule has 0 unspecified atom stereocenters. The average molecular weight is 440 g/mol. The van der Waals surface area contributed by atoms with Crippen LogP contribution < -0.4 is 0 Å². The van der Waals surface area contributed by atoms with Gasteiger partial charge in [-0.05, 0) is 89.4 Å². The van der Waals surface area contributed by atoms with E-state index in [-0.39, 0.29) is 11.9 Å². The van der Waals surface area contributed by atoms with E-state index in [1.165, 1.54) is 16.7 Å². The minimum absolute atomic E-state index is 0.0330. The zero-order valence-electron chi connectivity index (χ0n) is 20.7. The number of nitrogens with zero attached hydrogens (tertiary/aromatic N) is 3. The number of imidazole rings is 1. The molecule has 0 saturated heterocycles. The van der Waals surface area contributed by atoms with Gasteiger partial charge in [-0.1, -0.05) is 41.5 Å². The largest absolute Gasteiger partial charge is 0.329 e. The SMILES string of the molecule is Cc1ccc(-n2c(CN(C(=O)c3c(C)cc(C)cc3C)C(C)C)nc3cc(C)ccc32)cc1. The van der Waals surface area contributed by atoms with E-state index in [0.717, 1.165) is 39.2 Å². The number of carbonyl (C=O) groups is 1.